The van der Waals surface area contributed by atoms with E-state index in [2.05, 4.69) is 10.3 Å². The van der Waals surface area contributed by atoms with Crippen LogP contribution in [0.4, 0.5) is 0 Å². The van der Waals surface area contributed by atoms with E-state index < -0.39 is 0 Å². The third-order valence-corrected chi connectivity index (χ3v) is 2.52. The number of hydrogen-bond acceptors (Lipinski definition) is 3. The fraction of sp³-hybridized carbons (Fsp3) is 0.333. The van der Waals surface area contributed by atoms with E-state index >= 15 is 0 Å². The molecule has 0 amide bonds. The van der Waals surface area contributed by atoms with Crippen LogP contribution in [0.5, 0.6) is 5.75 Å². The Morgan fingerprint density at radius 2 is 1.94 bits per heavy atom. The predicted molar refractivity (Wildman–Crippen MR) is 61.2 cm³/mol. The first kappa shape index (κ1) is 10.7. The monoisotopic (exact) mass is 217 g/mol. The molecule has 2 rings (SSSR count). The van der Waals surface area contributed by atoms with Crippen molar-refractivity contribution in [2.45, 2.75) is 26.3 Å². The highest BCUT2D eigenvalue weighted by Gasteiger charge is 2.00. The van der Waals surface area contributed by atoms with Gasteiger partial charge in [0.15, 0.2) is 0 Å². The van der Waals surface area contributed by atoms with Gasteiger partial charge in [0.2, 0.25) is 0 Å². The standard InChI is InChI=1S/C12H15N3O/c1-2-15-9-11(13-14-15)6-3-10-4-7-12(16)8-5-10/h4-5,7-9,16H,2-3,6H2,1H3. The first-order chi connectivity index (χ1) is 7.78. The highest BCUT2D eigenvalue weighted by atomic mass is 16.3. The van der Waals surface area contributed by atoms with Crippen LogP contribution in [0.1, 0.15) is 18.2 Å². The average Bonchev–Trinajstić information content (AvgIpc) is 2.76. The van der Waals surface area contributed by atoms with Crippen molar-refractivity contribution < 1.29 is 5.11 Å². The van der Waals surface area contributed by atoms with Crippen LogP contribution >= 0.6 is 0 Å². The molecule has 1 aromatic carbocycles. The van der Waals surface area contributed by atoms with Gasteiger partial charge in [0.1, 0.15) is 5.75 Å². The summed E-state index contributed by atoms with van der Waals surface area (Å²) in [5.74, 6) is 0.306. The first-order valence-electron chi connectivity index (χ1n) is 5.45. The summed E-state index contributed by atoms with van der Waals surface area (Å²) in [5, 5.41) is 17.2. The minimum absolute atomic E-state index is 0.306. The second-order valence-corrected chi connectivity index (χ2v) is 3.73. The maximum Gasteiger partial charge on any atom is 0.115 e. The van der Waals surface area contributed by atoms with Gasteiger partial charge in [-0.1, -0.05) is 17.3 Å². The molecule has 0 atom stereocenters. The molecule has 0 saturated carbocycles. The minimum atomic E-state index is 0.306. The van der Waals surface area contributed by atoms with Crippen molar-refractivity contribution in [2.24, 2.45) is 0 Å². The predicted octanol–water partition coefficient (Wildman–Crippen LogP) is 1.79. The molecule has 1 N–H and O–H groups in total. The fourth-order valence-electron chi connectivity index (χ4n) is 1.54. The second kappa shape index (κ2) is 4.79. The largest absolute Gasteiger partial charge is 0.508 e. The third-order valence-electron chi connectivity index (χ3n) is 2.52. The Balaban J connectivity index is 1.94. The molecule has 2 aromatic rings. The summed E-state index contributed by atoms with van der Waals surface area (Å²) >= 11 is 0. The van der Waals surface area contributed by atoms with Crippen molar-refractivity contribution >= 4 is 0 Å². The van der Waals surface area contributed by atoms with Gasteiger partial charge in [-0.3, -0.25) is 4.68 Å². The van der Waals surface area contributed by atoms with Crippen molar-refractivity contribution in [3.05, 3.63) is 41.7 Å². The van der Waals surface area contributed by atoms with Crippen molar-refractivity contribution in [1.82, 2.24) is 15.0 Å². The van der Waals surface area contributed by atoms with Crippen molar-refractivity contribution in [1.29, 1.82) is 0 Å². The lowest BCUT2D eigenvalue weighted by Gasteiger charge is -1.98. The number of nitrogens with zero attached hydrogens (tertiary/aromatic N) is 3. The normalized spacial score (nSPS) is 10.6. The smallest absolute Gasteiger partial charge is 0.115 e. The van der Waals surface area contributed by atoms with E-state index in [4.69, 9.17) is 5.11 Å². The van der Waals surface area contributed by atoms with E-state index in [1.807, 2.05) is 29.9 Å². The zero-order valence-corrected chi connectivity index (χ0v) is 9.30. The van der Waals surface area contributed by atoms with Crippen LogP contribution in [0.3, 0.4) is 0 Å². The molecule has 0 bridgehead atoms. The molecule has 16 heavy (non-hydrogen) atoms. The second-order valence-electron chi connectivity index (χ2n) is 3.73. The summed E-state index contributed by atoms with van der Waals surface area (Å²) in [6, 6.07) is 7.27. The summed E-state index contributed by atoms with van der Waals surface area (Å²) in [6.45, 7) is 2.89. The number of aromatic hydroxyl groups is 1. The van der Waals surface area contributed by atoms with Crippen molar-refractivity contribution in [3.63, 3.8) is 0 Å². The van der Waals surface area contributed by atoms with Gasteiger partial charge in [-0.15, -0.1) is 5.10 Å². The number of benzene rings is 1. The average molecular weight is 217 g/mol. The Bertz CT molecular complexity index is 448. The maximum absolute atomic E-state index is 9.15. The van der Waals surface area contributed by atoms with Gasteiger partial charge in [-0.25, -0.2) is 0 Å². The molecule has 0 radical (unpaired) electrons. The number of aromatic nitrogens is 3. The summed E-state index contributed by atoms with van der Waals surface area (Å²) in [4.78, 5) is 0. The molecular formula is C12H15N3O. The zero-order valence-electron chi connectivity index (χ0n) is 9.30. The molecule has 0 spiro atoms. The molecule has 0 saturated heterocycles. The van der Waals surface area contributed by atoms with Gasteiger partial charge in [-0.05, 0) is 37.5 Å². The van der Waals surface area contributed by atoms with Gasteiger partial charge in [-0.2, -0.15) is 0 Å². The van der Waals surface area contributed by atoms with Gasteiger partial charge in [0.25, 0.3) is 0 Å². The Hall–Kier alpha value is -1.84. The molecule has 84 valence electrons. The number of aryl methyl sites for hydroxylation is 3. The van der Waals surface area contributed by atoms with Crippen LogP contribution in [0, 0.1) is 0 Å². The third kappa shape index (κ3) is 2.59. The molecule has 4 heteroatoms. The Morgan fingerprint density at radius 3 is 2.56 bits per heavy atom. The van der Waals surface area contributed by atoms with Crippen LogP contribution in [-0.4, -0.2) is 20.1 Å². The summed E-state index contributed by atoms with van der Waals surface area (Å²) in [6.07, 6.45) is 3.77. The molecule has 0 unspecified atom stereocenters. The Labute approximate surface area is 94.5 Å². The topological polar surface area (TPSA) is 50.9 Å². The number of rotatable bonds is 4. The van der Waals surface area contributed by atoms with Gasteiger partial charge in [0, 0.05) is 12.7 Å². The van der Waals surface area contributed by atoms with E-state index in [0.717, 1.165) is 25.1 Å². The molecule has 0 aliphatic heterocycles. The highest BCUT2D eigenvalue weighted by Crippen LogP contribution is 2.11. The Morgan fingerprint density at radius 1 is 1.19 bits per heavy atom. The van der Waals surface area contributed by atoms with Crippen LogP contribution in [0.25, 0.3) is 0 Å². The quantitative estimate of drug-likeness (QED) is 0.849. The summed E-state index contributed by atoms with van der Waals surface area (Å²) in [7, 11) is 0. The van der Waals surface area contributed by atoms with Crippen molar-refractivity contribution in [3.8, 4) is 5.75 Å². The molecule has 0 fully saturated rings. The van der Waals surface area contributed by atoms with E-state index in [1.54, 1.807) is 12.1 Å². The van der Waals surface area contributed by atoms with Crippen LogP contribution < -0.4 is 0 Å². The SMILES string of the molecule is CCn1cc(CCc2ccc(O)cc2)nn1. The van der Waals surface area contributed by atoms with E-state index in [-0.39, 0.29) is 0 Å². The number of phenols is 1. The lowest BCUT2D eigenvalue weighted by molar-refractivity contribution is 0.475. The molecule has 1 aromatic heterocycles. The number of phenolic OH excluding ortho intramolecular Hbond substituents is 1. The van der Waals surface area contributed by atoms with Crippen LogP contribution in [0.2, 0.25) is 0 Å². The minimum Gasteiger partial charge on any atom is -0.508 e. The summed E-state index contributed by atoms with van der Waals surface area (Å²) < 4.78 is 1.83. The number of hydrogen-bond donors (Lipinski definition) is 1. The molecule has 0 aliphatic rings. The van der Waals surface area contributed by atoms with Gasteiger partial charge < -0.3 is 5.11 Å². The molecule has 1 heterocycles. The van der Waals surface area contributed by atoms with Gasteiger partial charge >= 0.3 is 0 Å². The zero-order chi connectivity index (χ0) is 11.4. The fourth-order valence-corrected chi connectivity index (χ4v) is 1.54. The Kier molecular flexibility index (Phi) is 3.19. The lowest BCUT2D eigenvalue weighted by atomic mass is 10.1. The van der Waals surface area contributed by atoms with E-state index in [9.17, 15) is 0 Å². The lowest BCUT2D eigenvalue weighted by Crippen LogP contribution is -1.93. The van der Waals surface area contributed by atoms with E-state index in [1.165, 1.54) is 5.56 Å². The molecular weight excluding hydrogens is 202 g/mol. The first-order valence-corrected chi connectivity index (χ1v) is 5.45. The summed E-state index contributed by atoms with van der Waals surface area (Å²) in [5.41, 5.74) is 2.21. The van der Waals surface area contributed by atoms with E-state index in [0.29, 0.717) is 5.75 Å². The maximum atomic E-state index is 9.15. The van der Waals surface area contributed by atoms with Crippen molar-refractivity contribution in [2.75, 3.05) is 0 Å². The van der Waals surface area contributed by atoms with Crippen LogP contribution in [0.15, 0.2) is 30.5 Å². The highest BCUT2D eigenvalue weighted by molar-refractivity contribution is 5.26. The van der Waals surface area contributed by atoms with Crippen LogP contribution in [-0.2, 0) is 19.4 Å². The molecule has 0 aliphatic carbocycles. The van der Waals surface area contributed by atoms with Gasteiger partial charge in [0.05, 0.1) is 5.69 Å². The molecule has 4 nitrogen and oxygen atoms in total.